The highest BCUT2D eigenvalue weighted by Crippen LogP contribution is 2.48. The van der Waals surface area contributed by atoms with E-state index < -0.39 is 15.4 Å². The summed E-state index contributed by atoms with van der Waals surface area (Å²) in [7, 11) is -3.50. The van der Waals surface area contributed by atoms with Gasteiger partial charge >= 0.3 is 0 Å². The second-order valence-corrected chi connectivity index (χ2v) is 9.38. The molecule has 1 amide bonds. The SMILES string of the molecule is CCN(CC)S(=O)(=O)c1ccc(C(C)NC(=O)C2(c3ccc(F)cc3)CC2)cc1. The first-order valence-corrected chi connectivity index (χ1v) is 11.4. The zero-order chi connectivity index (χ0) is 21.2. The van der Waals surface area contributed by atoms with E-state index in [1.807, 2.05) is 20.8 Å². The molecular weight excluding hydrogens is 391 g/mol. The number of carbonyl (C=O) groups is 1. The lowest BCUT2D eigenvalue weighted by molar-refractivity contribution is -0.124. The number of hydrogen-bond donors (Lipinski definition) is 1. The summed E-state index contributed by atoms with van der Waals surface area (Å²) in [5.74, 6) is -0.408. The zero-order valence-corrected chi connectivity index (χ0v) is 17.8. The van der Waals surface area contributed by atoms with Gasteiger partial charge in [-0.2, -0.15) is 4.31 Å². The number of amides is 1. The molecule has 0 aliphatic heterocycles. The van der Waals surface area contributed by atoms with Crippen LogP contribution in [-0.2, 0) is 20.2 Å². The Bertz CT molecular complexity index is 964. The number of carbonyl (C=O) groups excluding carboxylic acids is 1. The van der Waals surface area contributed by atoms with Crippen LogP contribution in [0.3, 0.4) is 0 Å². The highest BCUT2D eigenvalue weighted by molar-refractivity contribution is 7.89. The van der Waals surface area contributed by atoms with Crippen LogP contribution in [0.2, 0.25) is 0 Å². The summed E-state index contributed by atoms with van der Waals surface area (Å²) < 4.78 is 39.8. The summed E-state index contributed by atoms with van der Waals surface area (Å²) in [6.45, 7) is 6.31. The minimum absolute atomic E-state index is 0.0866. The summed E-state index contributed by atoms with van der Waals surface area (Å²) in [6, 6.07) is 12.4. The molecule has 2 aromatic rings. The van der Waals surface area contributed by atoms with Crippen molar-refractivity contribution in [3.63, 3.8) is 0 Å². The molecule has 0 bridgehead atoms. The first-order valence-electron chi connectivity index (χ1n) is 9.91. The average Bonchev–Trinajstić information content (AvgIpc) is 3.51. The third-order valence-corrected chi connectivity index (χ3v) is 7.72. The zero-order valence-electron chi connectivity index (χ0n) is 17.0. The topological polar surface area (TPSA) is 66.5 Å². The summed E-state index contributed by atoms with van der Waals surface area (Å²) in [5.41, 5.74) is 1.06. The van der Waals surface area contributed by atoms with Crippen LogP contribution in [-0.4, -0.2) is 31.7 Å². The standard InChI is InChI=1S/C22H27FN2O3S/c1-4-25(5-2)29(27,28)20-12-6-17(7-13-20)16(3)24-21(26)22(14-15-22)18-8-10-19(23)11-9-18/h6-13,16H,4-5,14-15H2,1-3H3,(H,24,26). The van der Waals surface area contributed by atoms with Crippen LogP contribution in [0, 0.1) is 5.82 Å². The van der Waals surface area contributed by atoms with E-state index in [-0.39, 0.29) is 22.7 Å². The Hall–Kier alpha value is -2.25. The molecule has 3 rings (SSSR count). The Balaban J connectivity index is 1.72. The fraction of sp³-hybridized carbons (Fsp3) is 0.409. The van der Waals surface area contributed by atoms with Gasteiger partial charge in [0.15, 0.2) is 0 Å². The van der Waals surface area contributed by atoms with E-state index in [0.717, 1.165) is 24.0 Å². The van der Waals surface area contributed by atoms with Gasteiger partial charge < -0.3 is 5.32 Å². The lowest BCUT2D eigenvalue weighted by Gasteiger charge is -2.21. The molecule has 7 heteroatoms. The lowest BCUT2D eigenvalue weighted by Crippen LogP contribution is -2.36. The molecule has 0 aromatic heterocycles. The normalized spacial score (nSPS) is 16.4. The smallest absolute Gasteiger partial charge is 0.243 e. The number of rotatable bonds is 8. The number of hydrogen-bond acceptors (Lipinski definition) is 3. The van der Waals surface area contributed by atoms with E-state index in [1.54, 1.807) is 36.4 Å². The van der Waals surface area contributed by atoms with Gasteiger partial charge in [-0.1, -0.05) is 38.1 Å². The highest BCUT2D eigenvalue weighted by Gasteiger charge is 2.51. The average molecular weight is 419 g/mol. The van der Waals surface area contributed by atoms with Crippen molar-refractivity contribution in [3.8, 4) is 0 Å². The monoisotopic (exact) mass is 418 g/mol. The summed E-state index contributed by atoms with van der Waals surface area (Å²) in [6.07, 6.45) is 1.47. The van der Waals surface area contributed by atoms with Gasteiger partial charge in [-0.3, -0.25) is 4.79 Å². The van der Waals surface area contributed by atoms with Crippen LogP contribution < -0.4 is 5.32 Å². The van der Waals surface area contributed by atoms with E-state index in [9.17, 15) is 17.6 Å². The molecule has 1 aliphatic rings. The van der Waals surface area contributed by atoms with Gasteiger partial charge in [-0.15, -0.1) is 0 Å². The predicted octanol–water partition coefficient (Wildman–Crippen LogP) is 3.77. The van der Waals surface area contributed by atoms with Crippen molar-refractivity contribution in [1.29, 1.82) is 0 Å². The Morgan fingerprint density at radius 1 is 1.07 bits per heavy atom. The van der Waals surface area contributed by atoms with Crippen molar-refractivity contribution < 1.29 is 17.6 Å². The second-order valence-electron chi connectivity index (χ2n) is 7.44. The van der Waals surface area contributed by atoms with E-state index in [1.165, 1.54) is 16.4 Å². The molecule has 29 heavy (non-hydrogen) atoms. The molecule has 0 saturated heterocycles. The van der Waals surface area contributed by atoms with Crippen LogP contribution in [0.25, 0.3) is 0 Å². The minimum Gasteiger partial charge on any atom is -0.349 e. The minimum atomic E-state index is -3.50. The predicted molar refractivity (Wildman–Crippen MR) is 110 cm³/mol. The second kappa shape index (κ2) is 8.24. The van der Waals surface area contributed by atoms with Gasteiger partial charge in [-0.25, -0.2) is 12.8 Å². The van der Waals surface area contributed by atoms with Crippen molar-refractivity contribution in [3.05, 3.63) is 65.5 Å². The van der Waals surface area contributed by atoms with Crippen LogP contribution >= 0.6 is 0 Å². The summed E-state index contributed by atoms with van der Waals surface area (Å²) in [5, 5.41) is 3.02. The molecule has 156 valence electrons. The summed E-state index contributed by atoms with van der Waals surface area (Å²) >= 11 is 0. The van der Waals surface area contributed by atoms with E-state index in [2.05, 4.69) is 5.32 Å². The van der Waals surface area contributed by atoms with Crippen molar-refractivity contribution >= 4 is 15.9 Å². The van der Waals surface area contributed by atoms with Crippen molar-refractivity contribution in [2.24, 2.45) is 0 Å². The van der Waals surface area contributed by atoms with Gasteiger partial charge in [0, 0.05) is 13.1 Å². The third-order valence-electron chi connectivity index (χ3n) is 5.65. The maximum Gasteiger partial charge on any atom is 0.243 e. The number of halogens is 1. The van der Waals surface area contributed by atoms with Gasteiger partial charge in [-0.05, 0) is 55.2 Å². The highest BCUT2D eigenvalue weighted by atomic mass is 32.2. The molecule has 1 aliphatic carbocycles. The Labute approximate surface area is 172 Å². The third kappa shape index (κ3) is 4.21. The quantitative estimate of drug-likeness (QED) is 0.710. The van der Waals surface area contributed by atoms with Gasteiger partial charge in [0.1, 0.15) is 5.82 Å². The first-order chi connectivity index (χ1) is 13.7. The molecule has 0 spiro atoms. The molecule has 0 heterocycles. The van der Waals surface area contributed by atoms with Gasteiger partial charge in [0.2, 0.25) is 15.9 Å². The molecule has 0 radical (unpaired) electrons. The Morgan fingerprint density at radius 2 is 1.62 bits per heavy atom. The Kier molecular flexibility index (Phi) is 6.10. The summed E-state index contributed by atoms with van der Waals surface area (Å²) in [4.78, 5) is 13.1. The number of benzene rings is 2. The Morgan fingerprint density at radius 3 is 2.10 bits per heavy atom. The molecule has 5 nitrogen and oxygen atoms in total. The van der Waals surface area contributed by atoms with Crippen LogP contribution in [0.4, 0.5) is 4.39 Å². The number of nitrogens with zero attached hydrogens (tertiary/aromatic N) is 1. The fourth-order valence-electron chi connectivity index (χ4n) is 3.60. The van der Waals surface area contributed by atoms with Crippen LogP contribution in [0.5, 0.6) is 0 Å². The number of sulfonamides is 1. The van der Waals surface area contributed by atoms with Crippen LogP contribution in [0.15, 0.2) is 53.4 Å². The van der Waals surface area contributed by atoms with E-state index >= 15 is 0 Å². The van der Waals surface area contributed by atoms with E-state index in [0.29, 0.717) is 13.1 Å². The van der Waals surface area contributed by atoms with E-state index in [4.69, 9.17) is 0 Å². The maximum atomic E-state index is 13.2. The number of nitrogens with one attached hydrogen (secondary N) is 1. The maximum absolute atomic E-state index is 13.2. The van der Waals surface area contributed by atoms with Crippen molar-refractivity contribution in [2.45, 2.75) is 50.0 Å². The molecule has 1 atom stereocenters. The molecule has 1 saturated carbocycles. The molecular formula is C22H27FN2O3S. The fourth-order valence-corrected chi connectivity index (χ4v) is 5.06. The molecule has 2 aromatic carbocycles. The van der Waals surface area contributed by atoms with Gasteiger partial charge in [0.25, 0.3) is 0 Å². The lowest BCUT2D eigenvalue weighted by atomic mass is 9.94. The van der Waals surface area contributed by atoms with Crippen molar-refractivity contribution in [2.75, 3.05) is 13.1 Å². The van der Waals surface area contributed by atoms with Crippen molar-refractivity contribution in [1.82, 2.24) is 9.62 Å². The molecule has 1 N–H and O–H groups in total. The first kappa shape index (κ1) is 21.5. The largest absolute Gasteiger partial charge is 0.349 e. The molecule has 1 unspecified atom stereocenters. The molecule has 1 fully saturated rings. The van der Waals surface area contributed by atoms with Gasteiger partial charge in [0.05, 0.1) is 16.4 Å². The van der Waals surface area contributed by atoms with Crippen LogP contribution in [0.1, 0.15) is 50.8 Å².